The van der Waals surface area contributed by atoms with Crippen LogP contribution in [-0.2, 0) is 6.42 Å². The van der Waals surface area contributed by atoms with Crippen LogP contribution in [0.2, 0.25) is 0 Å². The Morgan fingerprint density at radius 2 is 2.15 bits per heavy atom. The molecule has 0 saturated carbocycles. The number of amides is 1. The van der Waals surface area contributed by atoms with Gasteiger partial charge in [0.25, 0.3) is 5.91 Å². The third-order valence-corrected chi connectivity index (χ3v) is 5.04. The van der Waals surface area contributed by atoms with E-state index in [1.54, 1.807) is 11.3 Å². The van der Waals surface area contributed by atoms with Crippen molar-refractivity contribution in [3.63, 3.8) is 0 Å². The van der Waals surface area contributed by atoms with E-state index >= 15 is 0 Å². The summed E-state index contributed by atoms with van der Waals surface area (Å²) >= 11 is 1.55. The van der Waals surface area contributed by atoms with Crippen LogP contribution in [0.15, 0.2) is 11.6 Å². The average Bonchev–Trinajstić information content (AvgIpc) is 2.93. The van der Waals surface area contributed by atoms with Gasteiger partial charge in [0.05, 0.1) is 4.88 Å². The number of carbonyl (C=O) groups excluding carboxylic acids is 1. The SMILES string of the molecule is N=CC1=C(N)c2cc(C(=O)N3CCNCC3)sc2CC1. The predicted molar refractivity (Wildman–Crippen MR) is 81.3 cm³/mol. The number of nitrogens with zero attached hydrogens (tertiary/aromatic N) is 1. The van der Waals surface area contributed by atoms with Gasteiger partial charge in [0.1, 0.15) is 0 Å². The lowest BCUT2D eigenvalue weighted by Gasteiger charge is -2.26. The zero-order valence-corrected chi connectivity index (χ0v) is 12.1. The Morgan fingerprint density at radius 1 is 1.40 bits per heavy atom. The van der Waals surface area contributed by atoms with Gasteiger partial charge < -0.3 is 21.4 Å². The summed E-state index contributed by atoms with van der Waals surface area (Å²) in [5.74, 6) is 0.107. The van der Waals surface area contributed by atoms with Crippen molar-refractivity contribution in [2.45, 2.75) is 12.8 Å². The normalized spacial score (nSPS) is 18.9. The molecule has 2 aliphatic rings. The zero-order chi connectivity index (χ0) is 14.1. The molecule has 0 aromatic carbocycles. The van der Waals surface area contributed by atoms with E-state index < -0.39 is 0 Å². The molecule has 1 aliphatic carbocycles. The number of fused-ring (bicyclic) bond motifs is 1. The molecule has 0 radical (unpaired) electrons. The van der Waals surface area contributed by atoms with E-state index in [-0.39, 0.29) is 5.91 Å². The molecule has 1 aliphatic heterocycles. The zero-order valence-electron chi connectivity index (χ0n) is 11.2. The van der Waals surface area contributed by atoms with E-state index in [4.69, 9.17) is 11.1 Å². The summed E-state index contributed by atoms with van der Waals surface area (Å²) in [5, 5.41) is 10.6. The van der Waals surface area contributed by atoms with Crippen LogP contribution in [0.25, 0.3) is 5.70 Å². The molecule has 1 saturated heterocycles. The maximum Gasteiger partial charge on any atom is 0.264 e. The number of allylic oxidation sites excluding steroid dienone is 1. The van der Waals surface area contributed by atoms with Crippen molar-refractivity contribution < 1.29 is 4.79 Å². The van der Waals surface area contributed by atoms with Crippen LogP contribution in [0, 0.1) is 5.41 Å². The number of nitrogens with one attached hydrogen (secondary N) is 2. The first kappa shape index (κ1) is 13.3. The van der Waals surface area contributed by atoms with Gasteiger partial charge in [0, 0.05) is 48.5 Å². The van der Waals surface area contributed by atoms with Gasteiger partial charge in [-0.1, -0.05) is 0 Å². The highest BCUT2D eigenvalue weighted by atomic mass is 32.1. The van der Waals surface area contributed by atoms with E-state index in [1.807, 2.05) is 11.0 Å². The van der Waals surface area contributed by atoms with Crippen LogP contribution >= 0.6 is 11.3 Å². The van der Waals surface area contributed by atoms with Gasteiger partial charge >= 0.3 is 0 Å². The summed E-state index contributed by atoms with van der Waals surface area (Å²) in [4.78, 5) is 16.3. The number of aryl methyl sites for hydroxylation is 1. The van der Waals surface area contributed by atoms with Crippen LogP contribution in [0.1, 0.15) is 26.5 Å². The molecule has 106 valence electrons. The summed E-state index contributed by atoms with van der Waals surface area (Å²) in [6.45, 7) is 3.24. The smallest absolute Gasteiger partial charge is 0.264 e. The molecule has 3 rings (SSSR count). The fourth-order valence-electron chi connectivity index (χ4n) is 2.68. The summed E-state index contributed by atoms with van der Waals surface area (Å²) < 4.78 is 0. The van der Waals surface area contributed by atoms with Crippen LogP contribution < -0.4 is 11.1 Å². The van der Waals surface area contributed by atoms with Gasteiger partial charge in [-0.2, -0.15) is 0 Å². The van der Waals surface area contributed by atoms with E-state index in [0.29, 0.717) is 5.70 Å². The van der Waals surface area contributed by atoms with E-state index in [2.05, 4.69) is 5.32 Å². The van der Waals surface area contributed by atoms with Crippen molar-refractivity contribution in [2.75, 3.05) is 26.2 Å². The molecular formula is C14H18N4OS. The maximum atomic E-state index is 12.5. The standard InChI is InChI=1S/C14H18N4OS/c15-8-9-1-2-11-10(13(9)16)7-12(20-11)14(19)18-5-3-17-4-6-18/h7-8,15,17H,1-6,16H2. The molecule has 0 atom stereocenters. The maximum absolute atomic E-state index is 12.5. The molecule has 20 heavy (non-hydrogen) atoms. The molecular weight excluding hydrogens is 272 g/mol. The second kappa shape index (κ2) is 5.38. The summed E-state index contributed by atoms with van der Waals surface area (Å²) in [6.07, 6.45) is 3.00. The number of piperazine rings is 1. The molecule has 0 bridgehead atoms. The van der Waals surface area contributed by atoms with Gasteiger partial charge in [-0.05, 0) is 24.5 Å². The summed E-state index contributed by atoms with van der Waals surface area (Å²) in [7, 11) is 0. The van der Waals surface area contributed by atoms with Crippen LogP contribution in [0.4, 0.5) is 0 Å². The first-order valence-corrected chi connectivity index (χ1v) is 7.64. The van der Waals surface area contributed by atoms with Crippen molar-refractivity contribution >= 4 is 29.2 Å². The number of hydrogen-bond donors (Lipinski definition) is 3. The number of thiophene rings is 1. The highest BCUT2D eigenvalue weighted by Crippen LogP contribution is 2.34. The van der Waals surface area contributed by atoms with Crippen molar-refractivity contribution in [3.8, 4) is 0 Å². The Kier molecular flexibility index (Phi) is 3.58. The van der Waals surface area contributed by atoms with Crippen LogP contribution in [0.5, 0.6) is 0 Å². The molecule has 2 heterocycles. The number of nitrogens with two attached hydrogens (primary N) is 1. The van der Waals surface area contributed by atoms with Crippen molar-refractivity contribution in [3.05, 3.63) is 27.0 Å². The number of carbonyl (C=O) groups is 1. The molecule has 4 N–H and O–H groups in total. The predicted octanol–water partition coefficient (Wildman–Crippen LogP) is 1.06. The lowest BCUT2D eigenvalue weighted by Crippen LogP contribution is -2.46. The van der Waals surface area contributed by atoms with Crippen molar-refractivity contribution in [1.29, 1.82) is 5.41 Å². The van der Waals surface area contributed by atoms with Crippen LogP contribution in [-0.4, -0.2) is 43.2 Å². The molecule has 1 aromatic heterocycles. The second-order valence-electron chi connectivity index (χ2n) is 5.07. The lowest BCUT2D eigenvalue weighted by atomic mass is 9.96. The largest absolute Gasteiger partial charge is 0.398 e. The molecule has 0 spiro atoms. The Morgan fingerprint density at radius 3 is 2.85 bits per heavy atom. The Balaban J connectivity index is 1.88. The highest BCUT2D eigenvalue weighted by Gasteiger charge is 2.24. The highest BCUT2D eigenvalue weighted by molar-refractivity contribution is 7.14. The van der Waals surface area contributed by atoms with Gasteiger partial charge in [-0.25, -0.2) is 0 Å². The monoisotopic (exact) mass is 290 g/mol. The first-order valence-electron chi connectivity index (χ1n) is 6.83. The van der Waals surface area contributed by atoms with Gasteiger partial charge in [0.2, 0.25) is 0 Å². The topological polar surface area (TPSA) is 82.2 Å². The fourth-order valence-corrected chi connectivity index (χ4v) is 3.82. The van der Waals surface area contributed by atoms with Gasteiger partial charge in [0.15, 0.2) is 0 Å². The summed E-state index contributed by atoms with van der Waals surface area (Å²) in [6, 6.07) is 1.91. The molecule has 1 fully saturated rings. The molecule has 5 nitrogen and oxygen atoms in total. The Bertz CT molecular complexity index is 584. The molecule has 0 unspecified atom stereocenters. The Labute approximate surface area is 122 Å². The van der Waals surface area contributed by atoms with Gasteiger partial charge in [-0.3, -0.25) is 4.79 Å². The quantitative estimate of drug-likeness (QED) is 0.712. The number of hydrogen-bond acceptors (Lipinski definition) is 5. The second-order valence-corrected chi connectivity index (χ2v) is 6.21. The van der Waals surface area contributed by atoms with E-state index in [9.17, 15) is 4.79 Å². The molecule has 1 amide bonds. The van der Waals surface area contributed by atoms with Crippen molar-refractivity contribution in [1.82, 2.24) is 10.2 Å². The fraction of sp³-hybridized carbons (Fsp3) is 0.429. The van der Waals surface area contributed by atoms with Crippen LogP contribution in [0.3, 0.4) is 0 Å². The lowest BCUT2D eigenvalue weighted by molar-refractivity contribution is 0.0740. The first-order chi connectivity index (χ1) is 9.70. The Hall–Kier alpha value is -1.66. The van der Waals surface area contributed by atoms with E-state index in [1.165, 1.54) is 11.1 Å². The summed E-state index contributed by atoms with van der Waals surface area (Å²) in [5.41, 5.74) is 8.59. The van der Waals surface area contributed by atoms with E-state index in [0.717, 1.165) is 55.0 Å². The minimum atomic E-state index is 0.107. The molecule has 1 aromatic rings. The average molecular weight is 290 g/mol. The van der Waals surface area contributed by atoms with Gasteiger partial charge in [-0.15, -0.1) is 11.3 Å². The van der Waals surface area contributed by atoms with Crippen molar-refractivity contribution in [2.24, 2.45) is 5.73 Å². The number of rotatable bonds is 2. The minimum absolute atomic E-state index is 0.107. The molecule has 6 heteroatoms. The third kappa shape index (κ3) is 2.25. The minimum Gasteiger partial charge on any atom is -0.398 e. The third-order valence-electron chi connectivity index (χ3n) is 3.86.